The third kappa shape index (κ3) is 2.96. The van der Waals surface area contributed by atoms with E-state index in [0.29, 0.717) is 34.2 Å². The van der Waals surface area contributed by atoms with Gasteiger partial charge >= 0.3 is 5.76 Å². The van der Waals surface area contributed by atoms with Crippen LogP contribution in [0.5, 0.6) is 11.5 Å². The first-order valence-electron chi connectivity index (χ1n) is 6.72. The van der Waals surface area contributed by atoms with Gasteiger partial charge in [0.15, 0.2) is 17.1 Å². The second-order valence-corrected chi connectivity index (χ2v) is 6.16. The number of benzene rings is 2. The van der Waals surface area contributed by atoms with Crippen LogP contribution in [0.25, 0.3) is 11.1 Å². The van der Waals surface area contributed by atoms with E-state index in [1.807, 2.05) is 6.07 Å². The Kier molecular flexibility index (Phi) is 4.37. The lowest BCUT2D eigenvalue weighted by Crippen LogP contribution is -2.15. The van der Waals surface area contributed by atoms with Gasteiger partial charge in [0.2, 0.25) is 0 Å². The summed E-state index contributed by atoms with van der Waals surface area (Å²) in [7, 11) is 3.14. The summed E-state index contributed by atoms with van der Waals surface area (Å²) in [6, 6.07) is 8.73. The topological polar surface area (TPSA) is 53.6 Å². The first-order valence-corrected chi connectivity index (χ1v) is 7.90. The van der Waals surface area contributed by atoms with Gasteiger partial charge in [-0.2, -0.15) is 0 Å². The van der Waals surface area contributed by atoms with Crippen molar-refractivity contribution in [1.29, 1.82) is 0 Å². The number of nitrogens with zero attached hydrogens (tertiary/aromatic N) is 1. The summed E-state index contributed by atoms with van der Waals surface area (Å²) in [6.45, 7) is 0.328. The molecule has 0 spiro atoms. The second-order valence-electron chi connectivity index (χ2n) is 4.86. The van der Waals surface area contributed by atoms with Crippen molar-refractivity contribution in [3.8, 4) is 11.5 Å². The lowest BCUT2D eigenvalue weighted by atomic mass is 10.2. The van der Waals surface area contributed by atoms with Gasteiger partial charge in [0.25, 0.3) is 0 Å². The Morgan fingerprint density at radius 1 is 1.17 bits per heavy atom. The number of halogens is 2. The van der Waals surface area contributed by atoms with Crippen LogP contribution in [-0.4, -0.2) is 18.8 Å². The van der Waals surface area contributed by atoms with Crippen LogP contribution < -0.4 is 15.2 Å². The Bertz CT molecular complexity index is 932. The van der Waals surface area contributed by atoms with Gasteiger partial charge in [-0.15, -0.1) is 0 Å². The molecule has 0 saturated carbocycles. The summed E-state index contributed by atoms with van der Waals surface area (Å²) < 4.78 is 18.2. The molecule has 0 aliphatic carbocycles. The Morgan fingerprint density at radius 2 is 1.87 bits per heavy atom. The van der Waals surface area contributed by atoms with Gasteiger partial charge in [-0.1, -0.05) is 27.5 Å². The highest BCUT2D eigenvalue weighted by molar-refractivity contribution is 9.10. The fourth-order valence-electron chi connectivity index (χ4n) is 2.38. The van der Waals surface area contributed by atoms with Crippen LogP contribution in [0, 0.1) is 0 Å². The van der Waals surface area contributed by atoms with Crippen LogP contribution in [0.4, 0.5) is 0 Å². The summed E-state index contributed by atoms with van der Waals surface area (Å²) >= 11 is 9.42. The van der Waals surface area contributed by atoms with Gasteiger partial charge in [-0.25, -0.2) is 4.79 Å². The summed E-state index contributed by atoms with van der Waals surface area (Å²) in [5.41, 5.74) is 2.00. The smallest absolute Gasteiger partial charge is 0.420 e. The molecule has 3 aromatic rings. The van der Waals surface area contributed by atoms with Crippen molar-refractivity contribution in [2.45, 2.75) is 6.54 Å². The maximum absolute atomic E-state index is 12.1. The summed E-state index contributed by atoms with van der Waals surface area (Å²) in [5.74, 6) is 0.762. The van der Waals surface area contributed by atoms with E-state index >= 15 is 0 Å². The Morgan fingerprint density at radius 3 is 2.57 bits per heavy atom. The number of ether oxygens (including phenoxy) is 2. The van der Waals surface area contributed by atoms with Crippen molar-refractivity contribution in [3.05, 3.63) is 55.9 Å². The van der Waals surface area contributed by atoms with E-state index in [2.05, 4.69) is 15.9 Å². The van der Waals surface area contributed by atoms with Crippen molar-refractivity contribution >= 4 is 38.6 Å². The molecule has 1 heterocycles. The fraction of sp³-hybridized carbons (Fsp3) is 0.188. The first kappa shape index (κ1) is 16.0. The molecule has 0 saturated heterocycles. The average molecular weight is 399 g/mol. The molecule has 0 N–H and O–H groups in total. The summed E-state index contributed by atoms with van der Waals surface area (Å²) in [6.07, 6.45) is 0. The standard InChI is InChI=1S/C16H13BrClNO4/c1-21-14-5-9(11(17)7-15(14)22-2)8-19-12-4-3-10(18)6-13(12)23-16(19)20/h3-7H,8H2,1-2H3. The molecule has 0 atom stereocenters. The number of hydrogen-bond acceptors (Lipinski definition) is 4. The highest BCUT2D eigenvalue weighted by Crippen LogP contribution is 2.34. The van der Waals surface area contributed by atoms with E-state index in [1.165, 1.54) is 4.57 Å². The predicted molar refractivity (Wildman–Crippen MR) is 91.8 cm³/mol. The Labute approximate surface area is 145 Å². The van der Waals surface area contributed by atoms with Crippen LogP contribution in [-0.2, 0) is 6.54 Å². The number of methoxy groups -OCH3 is 2. The van der Waals surface area contributed by atoms with E-state index in [4.69, 9.17) is 25.5 Å². The minimum atomic E-state index is -0.441. The first-order chi connectivity index (χ1) is 11.0. The van der Waals surface area contributed by atoms with Crippen molar-refractivity contribution in [2.75, 3.05) is 14.2 Å². The SMILES string of the molecule is COc1cc(Br)c(Cn2c(=O)oc3cc(Cl)ccc32)cc1OC. The molecule has 3 rings (SSSR count). The van der Waals surface area contributed by atoms with Gasteiger partial charge in [0.05, 0.1) is 26.3 Å². The molecule has 5 nitrogen and oxygen atoms in total. The Balaban J connectivity index is 2.09. The van der Waals surface area contributed by atoms with Crippen molar-refractivity contribution in [1.82, 2.24) is 4.57 Å². The van der Waals surface area contributed by atoms with Crippen LogP contribution in [0.3, 0.4) is 0 Å². The van der Waals surface area contributed by atoms with Gasteiger partial charge < -0.3 is 13.9 Å². The van der Waals surface area contributed by atoms with Gasteiger partial charge in [0.1, 0.15) is 0 Å². The van der Waals surface area contributed by atoms with Crippen LogP contribution in [0.15, 0.2) is 44.0 Å². The van der Waals surface area contributed by atoms with Gasteiger partial charge in [0, 0.05) is 15.6 Å². The minimum absolute atomic E-state index is 0.328. The molecular formula is C16H13BrClNO4. The van der Waals surface area contributed by atoms with Gasteiger partial charge in [-0.05, 0) is 29.8 Å². The zero-order valence-corrected chi connectivity index (χ0v) is 14.8. The number of oxazole rings is 1. The average Bonchev–Trinajstić information content (AvgIpc) is 2.83. The van der Waals surface area contributed by atoms with Gasteiger partial charge in [-0.3, -0.25) is 4.57 Å². The third-order valence-corrected chi connectivity index (χ3v) is 4.48. The minimum Gasteiger partial charge on any atom is -0.493 e. The lowest BCUT2D eigenvalue weighted by molar-refractivity contribution is 0.354. The zero-order valence-electron chi connectivity index (χ0n) is 12.4. The van der Waals surface area contributed by atoms with E-state index in [0.717, 1.165) is 10.0 Å². The monoisotopic (exact) mass is 397 g/mol. The number of aromatic nitrogens is 1. The molecule has 2 aromatic carbocycles. The molecule has 0 unspecified atom stereocenters. The van der Waals surface area contributed by atoms with Crippen LogP contribution in [0.1, 0.15) is 5.56 Å². The maximum Gasteiger partial charge on any atom is 0.420 e. The third-order valence-electron chi connectivity index (χ3n) is 3.51. The second kappa shape index (κ2) is 6.29. The molecule has 0 fully saturated rings. The number of rotatable bonds is 4. The van der Waals surface area contributed by atoms with Crippen LogP contribution >= 0.6 is 27.5 Å². The molecule has 1 aromatic heterocycles. The molecule has 0 aliphatic rings. The fourth-order valence-corrected chi connectivity index (χ4v) is 2.99. The van der Waals surface area contributed by atoms with E-state index in [9.17, 15) is 4.79 Å². The molecule has 0 bridgehead atoms. The zero-order chi connectivity index (χ0) is 16.6. The molecule has 0 aliphatic heterocycles. The molecular weight excluding hydrogens is 386 g/mol. The largest absolute Gasteiger partial charge is 0.493 e. The highest BCUT2D eigenvalue weighted by atomic mass is 79.9. The summed E-state index contributed by atoms with van der Waals surface area (Å²) in [5, 5.41) is 0.519. The predicted octanol–water partition coefficient (Wildman–Crippen LogP) is 4.08. The quantitative estimate of drug-likeness (QED) is 0.664. The maximum atomic E-state index is 12.1. The van der Waals surface area contributed by atoms with E-state index in [1.54, 1.807) is 38.5 Å². The summed E-state index contributed by atoms with van der Waals surface area (Å²) in [4.78, 5) is 12.1. The number of fused-ring (bicyclic) bond motifs is 1. The number of hydrogen-bond donors (Lipinski definition) is 0. The molecule has 120 valence electrons. The Hall–Kier alpha value is -1.92. The molecule has 0 amide bonds. The van der Waals surface area contributed by atoms with E-state index in [-0.39, 0.29) is 0 Å². The van der Waals surface area contributed by atoms with Crippen molar-refractivity contribution in [3.63, 3.8) is 0 Å². The van der Waals surface area contributed by atoms with Crippen molar-refractivity contribution in [2.24, 2.45) is 0 Å². The molecule has 23 heavy (non-hydrogen) atoms. The molecule has 7 heteroatoms. The van der Waals surface area contributed by atoms with Crippen LogP contribution in [0.2, 0.25) is 5.02 Å². The van der Waals surface area contributed by atoms with Crippen molar-refractivity contribution < 1.29 is 13.9 Å². The van der Waals surface area contributed by atoms with E-state index < -0.39 is 5.76 Å². The molecule has 0 radical (unpaired) electrons. The lowest BCUT2D eigenvalue weighted by Gasteiger charge is -2.12. The normalized spacial score (nSPS) is 11.0. The highest BCUT2D eigenvalue weighted by Gasteiger charge is 2.14.